The number of aliphatic hydroxyl groups excluding tert-OH is 2. The molecule has 0 amide bonds. The van der Waals surface area contributed by atoms with E-state index in [9.17, 15) is 19.8 Å². The van der Waals surface area contributed by atoms with Crippen molar-refractivity contribution in [3.63, 3.8) is 0 Å². The highest BCUT2D eigenvalue weighted by Gasteiger charge is 2.67. The van der Waals surface area contributed by atoms with E-state index in [0.717, 1.165) is 6.42 Å². The third-order valence-corrected chi connectivity index (χ3v) is 4.91. The van der Waals surface area contributed by atoms with Crippen molar-refractivity contribution < 1.29 is 10.2 Å². The number of aliphatic hydroxyl groups is 2. The molecule has 0 radical (unpaired) electrons. The number of hydrogen-bond acceptors (Lipinski definition) is 4. The van der Waals surface area contributed by atoms with Gasteiger partial charge in [0.15, 0.2) is 0 Å². The van der Waals surface area contributed by atoms with Crippen molar-refractivity contribution in [1.82, 2.24) is 9.55 Å². The zero-order chi connectivity index (χ0) is 13.1. The molecular formula is C11H13BrN2O4. The minimum atomic E-state index is -0.588. The molecule has 1 aromatic heterocycles. The van der Waals surface area contributed by atoms with Crippen molar-refractivity contribution in [2.45, 2.75) is 25.0 Å². The third kappa shape index (κ3) is 1.47. The lowest BCUT2D eigenvalue weighted by Crippen LogP contribution is -2.33. The van der Waals surface area contributed by atoms with Crippen LogP contribution in [0.1, 0.15) is 18.9 Å². The Labute approximate surface area is 110 Å². The zero-order valence-electron chi connectivity index (χ0n) is 9.47. The highest BCUT2D eigenvalue weighted by atomic mass is 79.9. The van der Waals surface area contributed by atoms with Crippen molar-refractivity contribution in [2.75, 3.05) is 6.61 Å². The first-order valence-corrected chi connectivity index (χ1v) is 6.59. The van der Waals surface area contributed by atoms with E-state index >= 15 is 0 Å². The summed E-state index contributed by atoms with van der Waals surface area (Å²) in [7, 11) is 0. The van der Waals surface area contributed by atoms with Crippen LogP contribution in [0.4, 0.5) is 0 Å². The molecule has 6 nitrogen and oxygen atoms in total. The predicted octanol–water partition coefficient (Wildman–Crippen LogP) is -0.397. The van der Waals surface area contributed by atoms with Crippen LogP contribution in [0.2, 0.25) is 0 Å². The van der Waals surface area contributed by atoms with Crippen LogP contribution in [0.5, 0.6) is 0 Å². The largest absolute Gasteiger partial charge is 0.396 e. The number of fused-ring (bicyclic) bond motifs is 1. The Morgan fingerprint density at radius 1 is 1.56 bits per heavy atom. The SMILES string of the molecule is O=c1[nH]c(=O)n(C2CC(O)C3(CO)CC23)cc1Br. The van der Waals surface area contributed by atoms with E-state index in [0.29, 0.717) is 10.9 Å². The van der Waals surface area contributed by atoms with E-state index in [-0.39, 0.29) is 18.6 Å². The van der Waals surface area contributed by atoms with Crippen LogP contribution >= 0.6 is 15.9 Å². The van der Waals surface area contributed by atoms with Crippen LogP contribution in [0.3, 0.4) is 0 Å². The van der Waals surface area contributed by atoms with Gasteiger partial charge in [-0.25, -0.2) is 4.79 Å². The monoisotopic (exact) mass is 316 g/mol. The zero-order valence-corrected chi connectivity index (χ0v) is 11.1. The Hall–Kier alpha value is -0.920. The summed E-state index contributed by atoms with van der Waals surface area (Å²) < 4.78 is 1.74. The molecule has 0 spiro atoms. The fourth-order valence-electron chi connectivity index (χ4n) is 3.18. The van der Waals surface area contributed by atoms with Crippen molar-refractivity contribution >= 4 is 15.9 Å². The van der Waals surface area contributed by atoms with Gasteiger partial charge in [0.2, 0.25) is 0 Å². The molecule has 0 bridgehead atoms. The second kappa shape index (κ2) is 3.79. The normalized spacial score (nSPS) is 37.6. The number of H-pyrrole nitrogens is 1. The summed E-state index contributed by atoms with van der Waals surface area (Å²) in [6, 6.07) is -0.159. The van der Waals surface area contributed by atoms with Gasteiger partial charge in [-0.15, -0.1) is 0 Å². The van der Waals surface area contributed by atoms with E-state index in [2.05, 4.69) is 20.9 Å². The van der Waals surface area contributed by atoms with Gasteiger partial charge >= 0.3 is 5.69 Å². The second-order valence-corrected chi connectivity index (χ2v) is 6.02. The Balaban J connectivity index is 2.02. The first kappa shape index (κ1) is 12.1. The average molecular weight is 317 g/mol. The molecule has 98 valence electrons. The summed E-state index contributed by atoms with van der Waals surface area (Å²) in [4.78, 5) is 25.3. The summed E-state index contributed by atoms with van der Waals surface area (Å²) >= 11 is 3.09. The highest BCUT2D eigenvalue weighted by molar-refractivity contribution is 9.10. The maximum absolute atomic E-state index is 11.8. The molecule has 3 rings (SSSR count). The molecule has 2 fully saturated rings. The number of aromatic amines is 1. The Kier molecular flexibility index (Phi) is 2.55. The molecular weight excluding hydrogens is 304 g/mol. The van der Waals surface area contributed by atoms with Gasteiger partial charge in [-0.3, -0.25) is 14.3 Å². The van der Waals surface area contributed by atoms with Gasteiger partial charge in [0.1, 0.15) is 0 Å². The molecule has 1 aromatic rings. The van der Waals surface area contributed by atoms with Gasteiger partial charge in [-0.05, 0) is 34.7 Å². The molecule has 4 unspecified atom stereocenters. The maximum atomic E-state index is 11.8. The van der Waals surface area contributed by atoms with E-state index in [4.69, 9.17) is 0 Å². The molecule has 0 saturated heterocycles. The van der Waals surface area contributed by atoms with Gasteiger partial charge in [0.25, 0.3) is 5.56 Å². The number of rotatable bonds is 2. The number of nitrogens with zero attached hydrogens (tertiary/aromatic N) is 1. The van der Waals surface area contributed by atoms with Crippen LogP contribution in [-0.4, -0.2) is 32.5 Å². The maximum Gasteiger partial charge on any atom is 0.328 e. The van der Waals surface area contributed by atoms with Crippen LogP contribution in [0.15, 0.2) is 20.3 Å². The molecule has 2 aliphatic carbocycles. The van der Waals surface area contributed by atoms with E-state index < -0.39 is 22.8 Å². The molecule has 3 N–H and O–H groups in total. The Bertz CT molecular complexity index is 610. The number of hydrogen-bond donors (Lipinski definition) is 3. The fraction of sp³-hybridized carbons (Fsp3) is 0.636. The summed E-state index contributed by atoms with van der Waals surface area (Å²) in [5.74, 6) is 0.105. The van der Waals surface area contributed by atoms with Gasteiger partial charge in [-0.1, -0.05) is 0 Å². The topological polar surface area (TPSA) is 95.3 Å². The van der Waals surface area contributed by atoms with Crippen LogP contribution in [0, 0.1) is 11.3 Å². The van der Waals surface area contributed by atoms with Crippen molar-refractivity contribution in [2.24, 2.45) is 11.3 Å². The molecule has 1 heterocycles. The minimum Gasteiger partial charge on any atom is -0.396 e. The van der Waals surface area contributed by atoms with Gasteiger partial charge in [0.05, 0.1) is 17.2 Å². The third-order valence-electron chi connectivity index (χ3n) is 4.35. The van der Waals surface area contributed by atoms with Crippen molar-refractivity contribution in [1.29, 1.82) is 0 Å². The molecule has 2 saturated carbocycles. The fourth-order valence-corrected chi connectivity index (χ4v) is 3.50. The standard InChI is InChI=1S/C11H13BrN2O4/c12-6-3-14(10(18)13-9(6)17)7-1-8(16)11(4-15)2-5(7)11/h3,5,7-8,15-16H,1-2,4H2,(H,13,17,18). The first-order chi connectivity index (χ1) is 8.49. The van der Waals surface area contributed by atoms with Crippen LogP contribution < -0.4 is 11.2 Å². The average Bonchev–Trinajstić information content (AvgIpc) is 3.01. The minimum absolute atomic E-state index is 0.0609. The molecule has 4 atom stereocenters. The Morgan fingerprint density at radius 3 is 2.83 bits per heavy atom. The molecule has 0 aromatic carbocycles. The van der Waals surface area contributed by atoms with E-state index in [1.54, 1.807) is 0 Å². The molecule has 0 aliphatic heterocycles. The predicted molar refractivity (Wildman–Crippen MR) is 66.3 cm³/mol. The summed E-state index contributed by atoms with van der Waals surface area (Å²) in [6.45, 7) is -0.0609. The van der Waals surface area contributed by atoms with Gasteiger partial charge in [0, 0.05) is 17.7 Å². The van der Waals surface area contributed by atoms with Crippen molar-refractivity contribution in [3.05, 3.63) is 31.5 Å². The van der Waals surface area contributed by atoms with E-state index in [1.165, 1.54) is 10.8 Å². The smallest absolute Gasteiger partial charge is 0.328 e. The quantitative estimate of drug-likeness (QED) is 0.692. The highest BCUT2D eigenvalue weighted by Crippen LogP contribution is 2.66. The van der Waals surface area contributed by atoms with Crippen LogP contribution in [-0.2, 0) is 0 Å². The Morgan fingerprint density at radius 2 is 2.28 bits per heavy atom. The second-order valence-electron chi connectivity index (χ2n) is 5.16. The molecule has 7 heteroatoms. The lowest BCUT2D eigenvalue weighted by Gasteiger charge is -2.16. The summed E-state index contributed by atoms with van der Waals surface area (Å²) in [6.07, 6.45) is 2.03. The lowest BCUT2D eigenvalue weighted by molar-refractivity contribution is 0.0599. The number of halogens is 1. The molecule has 2 aliphatic rings. The van der Waals surface area contributed by atoms with Gasteiger partial charge < -0.3 is 10.2 Å². The summed E-state index contributed by atoms with van der Waals surface area (Å²) in [5.41, 5.74) is -1.37. The number of nitrogens with one attached hydrogen (secondary N) is 1. The number of aromatic nitrogens is 2. The first-order valence-electron chi connectivity index (χ1n) is 5.79. The van der Waals surface area contributed by atoms with Crippen molar-refractivity contribution in [3.8, 4) is 0 Å². The van der Waals surface area contributed by atoms with Crippen LogP contribution in [0.25, 0.3) is 0 Å². The molecule has 18 heavy (non-hydrogen) atoms. The van der Waals surface area contributed by atoms with Gasteiger partial charge in [-0.2, -0.15) is 0 Å². The lowest BCUT2D eigenvalue weighted by atomic mass is 10.0. The van der Waals surface area contributed by atoms with E-state index in [1.807, 2.05) is 0 Å². The summed E-state index contributed by atoms with van der Waals surface area (Å²) in [5, 5.41) is 19.3.